The third-order valence-electron chi connectivity index (χ3n) is 5.83. The Balaban J connectivity index is 1.27. The molecule has 0 unspecified atom stereocenters. The minimum atomic E-state index is -0.578. The van der Waals surface area contributed by atoms with Crippen LogP contribution in [0.2, 0.25) is 0 Å². The minimum absolute atomic E-state index is 0.0520. The number of hydrogen-bond donors (Lipinski definition) is 2. The first-order valence-corrected chi connectivity index (χ1v) is 10.5. The molecule has 8 nitrogen and oxygen atoms in total. The van der Waals surface area contributed by atoms with Crippen LogP contribution in [0.1, 0.15) is 51.7 Å². The van der Waals surface area contributed by atoms with E-state index in [9.17, 15) is 14.4 Å². The molecule has 2 heterocycles. The van der Waals surface area contributed by atoms with Crippen molar-refractivity contribution >= 4 is 34.3 Å². The predicted octanol–water partition coefficient (Wildman–Crippen LogP) is 3.77. The Hall–Kier alpha value is -3.81. The van der Waals surface area contributed by atoms with Gasteiger partial charge < -0.3 is 24.5 Å². The summed E-state index contributed by atoms with van der Waals surface area (Å²) in [4.78, 5) is 40.3. The minimum Gasteiger partial charge on any atom is -0.454 e. The number of hydrogen-bond acceptors (Lipinski definition) is 6. The van der Waals surface area contributed by atoms with Gasteiger partial charge in [-0.25, -0.2) is 4.79 Å². The first-order chi connectivity index (χ1) is 15.5. The molecule has 5 rings (SSSR count). The van der Waals surface area contributed by atoms with Crippen molar-refractivity contribution in [3.05, 3.63) is 52.7 Å². The van der Waals surface area contributed by atoms with Crippen molar-refractivity contribution in [1.82, 2.24) is 4.98 Å². The first kappa shape index (κ1) is 20.1. The summed E-state index contributed by atoms with van der Waals surface area (Å²) < 4.78 is 15.8. The van der Waals surface area contributed by atoms with Crippen LogP contribution < -0.4 is 14.8 Å². The molecule has 32 heavy (non-hydrogen) atoms. The highest BCUT2D eigenvalue weighted by molar-refractivity contribution is 6.05. The molecule has 0 bridgehead atoms. The number of amides is 1. The molecule has 164 valence electrons. The molecule has 0 spiro atoms. The van der Waals surface area contributed by atoms with Crippen molar-refractivity contribution in [2.45, 2.75) is 32.6 Å². The lowest BCUT2D eigenvalue weighted by molar-refractivity contribution is -0.119. The van der Waals surface area contributed by atoms with Gasteiger partial charge in [0.05, 0.1) is 11.3 Å². The molecular formula is C24H22N2O6. The maximum atomic E-state index is 12.6. The highest BCUT2D eigenvalue weighted by Crippen LogP contribution is 2.37. The van der Waals surface area contributed by atoms with E-state index in [0.717, 1.165) is 30.2 Å². The van der Waals surface area contributed by atoms with Gasteiger partial charge in [0.1, 0.15) is 0 Å². The van der Waals surface area contributed by atoms with Gasteiger partial charge in [-0.2, -0.15) is 0 Å². The second-order valence-corrected chi connectivity index (χ2v) is 7.98. The molecule has 2 aliphatic rings. The summed E-state index contributed by atoms with van der Waals surface area (Å²) >= 11 is 0. The van der Waals surface area contributed by atoms with Crippen molar-refractivity contribution < 1.29 is 28.6 Å². The zero-order chi connectivity index (χ0) is 22.2. The van der Waals surface area contributed by atoms with Crippen LogP contribution >= 0.6 is 0 Å². The van der Waals surface area contributed by atoms with Crippen LogP contribution in [-0.4, -0.2) is 36.0 Å². The molecule has 1 aliphatic heterocycles. The Morgan fingerprint density at radius 3 is 2.66 bits per heavy atom. The number of esters is 1. The van der Waals surface area contributed by atoms with E-state index in [2.05, 4.69) is 10.3 Å². The molecule has 3 aromatic rings. The van der Waals surface area contributed by atoms with Gasteiger partial charge in [0.25, 0.3) is 5.91 Å². The molecule has 2 aromatic carbocycles. The molecule has 0 atom stereocenters. The number of aromatic nitrogens is 1. The zero-order valence-electron chi connectivity index (χ0n) is 17.6. The summed E-state index contributed by atoms with van der Waals surface area (Å²) in [6.45, 7) is 0.966. The van der Waals surface area contributed by atoms with E-state index in [0.29, 0.717) is 17.1 Å². The van der Waals surface area contributed by atoms with Gasteiger partial charge in [0.2, 0.25) is 6.79 Å². The summed E-state index contributed by atoms with van der Waals surface area (Å²) in [7, 11) is 0. The van der Waals surface area contributed by atoms with Crippen molar-refractivity contribution in [3.8, 4) is 11.5 Å². The Kier molecular flexibility index (Phi) is 5.05. The van der Waals surface area contributed by atoms with Gasteiger partial charge in [-0.15, -0.1) is 0 Å². The van der Waals surface area contributed by atoms with E-state index in [1.54, 1.807) is 6.07 Å². The van der Waals surface area contributed by atoms with Crippen LogP contribution in [0.15, 0.2) is 30.3 Å². The van der Waals surface area contributed by atoms with Crippen LogP contribution in [0.5, 0.6) is 11.5 Å². The fourth-order valence-electron chi connectivity index (χ4n) is 4.27. The van der Waals surface area contributed by atoms with Gasteiger partial charge in [0.15, 0.2) is 23.9 Å². The number of Topliss-reactive ketones (excluding diaryl/α,β-unsaturated/α-hetero) is 1. The van der Waals surface area contributed by atoms with Crippen molar-refractivity contribution in [1.29, 1.82) is 0 Å². The molecule has 1 aliphatic carbocycles. The number of ether oxygens (including phenoxy) is 3. The van der Waals surface area contributed by atoms with E-state index >= 15 is 0 Å². The van der Waals surface area contributed by atoms with Crippen LogP contribution in [0.25, 0.3) is 10.9 Å². The number of anilines is 1. The van der Waals surface area contributed by atoms with E-state index in [-0.39, 0.29) is 23.8 Å². The van der Waals surface area contributed by atoms with Crippen LogP contribution in [0.4, 0.5) is 5.69 Å². The number of benzene rings is 2. The van der Waals surface area contributed by atoms with Gasteiger partial charge >= 0.3 is 5.97 Å². The number of aryl methyl sites for hydroxylation is 2. The van der Waals surface area contributed by atoms with E-state index in [1.165, 1.54) is 36.7 Å². The van der Waals surface area contributed by atoms with E-state index in [4.69, 9.17) is 14.2 Å². The van der Waals surface area contributed by atoms with Gasteiger partial charge in [-0.3, -0.25) is 9.59 Å². The smallest absolute Gasteiger partial charge is 0.338 e. The van der Waals surface area contributed by atoms with Gasteiger partial charge in [0, 0.05) is 28.2 Å². The van der Waals surface area contributed by atoms with Crippen LogP contribution in [0.3, 0.4) is 0 Å². The standard InChI is InChI=1S/C24H22N2O6/c1-13(27)16-9-21-22(32-12-31-21)10-20(16)26-23(28)11-30-24(29)14-6-7-19-17(8-14)15-4-2-3-5-18(15)25-19/h6-10,25H,2-5,11-12H2,1H3,(H,26,28). The van der Waals surface area contributed by atoms with Crippen molar-refractivity contribution in [2.75, 3.05) is 18.7 Å². The number of H-pyrrole nitrogens is 1. The normalized spacial score (nSPS) is 14.2. The molecular weight excluding hydrogens is 412 g/mol. The maximum absolute atomic E-state index is 12.6. The second kappa shape index (κ2) is 8.03. The topological polar surface area (TPSA) is 107 Å². The highest BCUT2D eigenvalue weighted by atomic mass is 16.7. The Labute approximate surface area is 183 Å². The fraction of sp³-hybridized carbons (Fsp3) is 0.292. The Morgan fingerprint density at radius 1 is 1.06 bits per heavy atom. The van der Waals surface area contributed by atoms with Crippen molar-refractivity contribution in [3.63, 3.8) is 0 Å². The number of fused-ring (bicyclic) bond motifs is 4. The SMILES string of the molecule is CC(=O)c1cc2c(cc1NC(=O)COC(=O)c1ccc3[nH]c4c(c3c1)CCCC4)OCO2. The lowest BCUT2D eigenvalue weighted by Crippen LogP contribution is -2.22. The maximum Gasteiger partial charge on any atom is 0.338 e. The third kappa shape index (κ3) is 3.68. The van der Waals surface area contributed by atoms with Gasteiger partial charge in [-0.1, -0.05) is 0 Å². The summed E-state index contributed by atoms with van der Waals surface area (Å²) in [5.74, 6) is -0.490. The van der Waals surface area contributed by atoms with E-state index < -0.39 is 18.5 Å². The lowest BCUT2D eigenvalue weighted by atomic mass is 9.95. The number of ketones is 1. The Morgan fingerprint density at radius 2 is 1.84 bits per heavy atom. The Bertz CT molecular complexity index is 1260. The molecule has 1 aromatic heterocycles. The zero-order valence-corrected chi connectivity index (χ0v) is 17.6. The summed E-state index contributed by atoms with van der Waals surface area (Å²) in [5, 5.41) is 3.65. The summed E-state index contributed by atoms with van der Waals surface area (Å²) in [6.07, 6.45) is 4.31. The number of nitrogens with one attached hydrogen (secondary N) is 2. The van der Waals surface area contributed by atoms with Crippen LogP contribution in [-0.2, 0) is 22.4 Å². The molecule has 0 fully saturated rings. The largest absolute Gasteiger partial charge is 0.454 e. The highest BCUT2D eigenvalue weighted by Gasteiger charge is 2.21. The quantitative estimate of drug-likeness (QED) is 0.468. The molecule has 0 radical (unpaired) electrons. The third-order valence-corrected chi connectivity index (χ3v) is 5.83. The number of rotatable bonds is 5. The summed E-state index contributed by atoms with van der Waals surface area (Å²) in [5.41, 5.74) is 4.47. The number of carbonyl (C=O) groups is 3. The molecule has 0 saturated heterocycles. The summed E-state index contributed by atoms with van der Waals surface area (Å²) in [6, 6.07) is 8.44. The van der Waals surface area contributed by atoms with Gasteiger partial charge in [-0.05, 0) is 62.4 Å². The molecule has 0 saturated carbocycles. The lowest BCUT2D eigenvalue weighted by Gasteiger charge is -2.11. The molecule has 1 amide bonds. The van der Waals surface area contributed by atoms with Crippen LogP contribution in [0, 0.1) is 0 Å². The van der Waals surface area contributed by atoms with E-state index in [1.807, 2.05) is 12.1 Å². The average Bonchev–Trinajstić information content (AvgIpc) is 3.40. The monoisotopic (exact) mass is 434 g/mol. The fourth-order valence-corrected chi connectivity index (χ4v) is 4.27. The predicted molar refractivity (Wildman–Crippen MR) is 116 cm³/mol. The number of aromatic amines is 1. The van der Waals surface area contributed by atoms with Crippen molar-refractivity contribution in [2.24, 2.45) is 0 Å². The average molecular weight is 434 g/mol. The molecule has 2 N–H and O–H groups in total. The molecule has 8 heteroatoms. The second-order valence-electron chi connectivity index (χ2n) is 7.98. The first-order valence-electron chi connectivity index (χ1n) is 10.5. The number of carbonyl (C=O) groups excluding carboxylic acids is 3.